The highest BCUT2D eigenvalue weighted by molar-refractivity contribution is 7.10. The summed E-state index contributed by atoms with van der Waals surface area (Å²) in [4.78, 5) is 4.43. The maximum absolute atomic E-state index is 8.64. The van der Waals surface area contributed by atoms with Gasteiger partial charge in [0.1, 0.15) is 16.4 Å². The Labute approximate surface area is 117 Å². The number of hydrogen-bond acceptors (Lipinski definition) is 4. The smallest absolute Gasteiger partial charge is 0.120 e. The highest BCUT2D eigenvalue weighted by Crippen LogP contribution is 2.25. The van der Waals surface area contributed by atoms with Gasteiger partial charge in [-0.25, -0.2) is 4.98 Å². The molecule has 0 N–H and O–H groups in total. The van der Waals surface area contributed by atoms with E-state index in [0.29, 0.717) is 6.42 Å². The Balaban J connectivity index is 2.15. The van der Waals surface area contributed by atoms with Gasteiger partial charge in [0.15, 0.2) is 0 Å². The first-order valence-electron chi connectivity index (χ1n) is 6.09. The maximum atomic E-state index is 8.64. The molecule has 0 aliphatic carbocycles. The lowest BCUT2D eigenvalue weighted by Gasteiger charge is -2.21. The van der Waals surface area contributed by atoms with E-state index < -0.39 is 0 Å². The standard InChI is InChI=1S/C15H16N2OS/c1-15(2,3)18-12-6-4-11(5-7-12)13-10-19-14(17-13)8-9-16/h4-7,10H,8H2,1-3H3. The zero-order chi connectivity index (χ0) is 13.9. The molecule has 0 fully saturated rings. The van der Waals surface area contributed by atoms with Gasteiger partial charge in [0, 0.05) is 10.9 Å². The van der Waals surface area contributed by atoms with E-state index in [4.69, 9.17) is 10.00 Å². The van der Waals surface area contributed by atoms with Crippen LogP contribution >= 0.6 is 11.3 Å². The van der Waals surface area contributed by atoms with Crippen molar-refractivity contribution in [2.75, 3.05) is 0 Å². The van der Waals surface area contributed by atoms with E-state index in [2.05, 4.69) is 11.1 Å². The number of nitrogens with zero attached hydrogens (tertiary/aromatic N) is 2. The summed E-state index contributed by atoms with van der Waals surface area (Å²) < 4.78 is 5.78. The Kier molecular flexibility index (Phi) is 3.87. The predicted octanol–water partition coefficient (Wildman–Crippen LogP) is 4.05. The minimum atomic E-state index is -0.192. The molecule has 1 aromatic carbocycles. The summed E-state index contributed by atoms with van der Waals surface area (Å²) >= 11 is 1.52. The number of nitriles is 1. The van der Waals surface area contributed by atoms with Gasteiger partial charge in [-0.2, -0.15) is 5.26 Å². The fourth-order valence-electron chi connectivity index (χ4n) is 1.64. The van der Waals surface area contributed by atoms with E-state index in [0.717, 1.165) is 22.0 Å². The van der Waals surface area contributed by atoms with Crippen molar-refractivity contribution in [1.29, 1.82) is 5.26 Å². The molecule has 0 atom stereocenters. The minimum Gasteiger partial charge on any atom is -0.488 e. The van der Waals surface area contributed by atoms with E-state index in [1.54, 1.807) is 0 Å². The molecule has 0 aliphatic rings. The van der Waals surface area contributed by atoms with Crippen molar-refractivity contribution >= 4 is 11.3 Å². The average molecular weight is 272 g/mol. The Hall–Kier alpha value is -1.86. The van der Waals surface area contributed by atoms with E-state index >= 15 is 0 Å². The second-order valence-electron chi connectivity index (χ2n) is 5.20. The fraction of sp³-hybridized carbons (Fsp3) is 0.333. The summed E-state index contributed by atoms with van der Waals surface area (Å²) in [6, 6.07) is 9.99. The summed E-state index contributed by atoms with van der Waals surface area (Å²) in [6.45, 7) is 6.07. The van der Waals surface area contributed by atoms with E-state index in [-0.39, 0.29) is 5.60 Å². The molecule has 1 heterocycles. The molecule has 19 heavy (non-hydrogen) atoms. The summed E-state index contributed by atoms with van der Waals surface area (Å²) in [5.41, 5.74) is 1.77. The molecule has 1 aromatic heterocycles. The van der Waals surface area contributed by atoms with E-state index in [1.165, 1.54) is 11.3 Å². The van der Waals surface area contributed by atoms with Gasteiger partial charge in [-0.3, -0.25) is 0 Å². The van der Waals surface area contributed by atoms with Crippen LogP contribution in [0.1, 0.15) is 25.8 Å². The Morgan fingerprint density at radius 2 is 1.95 bits per heavy atom. The summed E-state index contributed by atoms with van der Waals surface area (Å²) in [7, 11) is 0. The number of thiazole rings is 1. The van der Waals surface area contributed by atoms with Crippen molar-refractivity contribution in [3.05, 3.63) is 34.7 Å². The van der Waals surface area contributed by atoms with E-state index in [9.17, 15) is 0 Å². The highest BCUT2D eigenvalue weighted by Gasteiger charge is 2.12. The van der Waals surface area contributed by atoms with Gasteiger partial charge < -0.3 is 4.74 Å². The van der Waals surface area contributed by atoms with Crippen LogP contribution in [0.2, 0.25) is 0 Å². The topological polar surface area (TPSA) is 45.9 Å². The monoisotopic (exact) mass is 272 g/mol. The second kappa shape index (κ2) is 5.41. The van der Waals surface area contributed by atoms with Gasteiger partial charge in [-0.15, -0.1) is 11.3 Å². The normalized spacial score (nSPS) is 11.1. The van der Waals surface area contributed by atoms with Crippen molar-refractivity contribution < 1.29 is 4.74 Å². The molecule has 2 aromatic rings. The Morgan fingerprint density at radius 1 is 1.26 bits per heavy atom. The lowest BCUT2D eigenvalue weighted by Crippen LogP contribution is -2.22. The molecule has 0 spiro atoms. The molecular weight excluding hydrogens is 256 g/mol. The van der Waals surface area contributed by atoms with E-state index in [1.807, 2.05) is 50.4 Å². The van der Waals surface area contributed by atoms with Crippen LogP contribution in [0.3, 0.4) is 0 Å². The molecule has 2 rings (SSSR count). The summed E-state index contributed by atoms with van der Waals surface area (Å²) in [6.07, 6.45) is 0.371. The molecule has 0 bridgehead atoms. The molecule has 0 unspecified atom stereocenters. The van der Waals surface area contributed by atoms with Crippen LogP contribution in [-0.4, -0.2) is 10.6 Å². The van der Waals surface area contributed by atoms with Gasteiger partial charge in [-0.1, -0.05) is 0 Å². The van der Waals surface area contributed by atoms with Crippen LogP contribution in [0.15, 0.2) is 29.6 Å². The van der Waals surface area contributed by atoms with Crippen molar-refractivity contribution in [3.63, 3.8) is 0 Å². The van der Waals surface area contributed by atoms with Gasteiger partial charge in [0.25, 0.3) is 0 Å². The average Bonchev–Trinajstić information content (AvgIpc) is 2.77. The van der Waals surface area contributed by atoms with Crippen LogP contribution in [0.4, 0.5) is 0 Å². The lowest BCUT2D eigenvalue weighted by atomic mass is 10.1. The first-order chi connectivity index (χ1) is 8.98. The molecule has 0 radical (unpaired) electrons. The van der Waals surface area contributed by atoms with Gasteiger partial charge in [-0.05, 0) is 45.0 Å². The van der Waals surface area contributed by atoms with Crippen LogP contribution in [0.25, 0.3) is 11.3 Å². The molecular formula is C15H16N2OS. The maximum Gasteiger partial charge on any atom is 0.120 e. The largest absolute Gasteiger partial charge is 0.488 e. The van der Waals surface area contributed by atoms with Gasteiger partial charge >= 0.3 is 0 Å². The predicted molar refractivity (Wildman–Crippen MR) is 77.2 cm³/mol. The first kappa shape index (κ1) is 13.6. The van der Waals surface area contributed by atoms with Crippen molar-refractivity contribution in [2.45, 2.75) is 32.8 Å². The third-order valence-electron chi connectivity index (χ3n) is 2.36. The molecule has 0 saturated heterocycles. The van der Waals surface area contributed by atoms with Gasteiger partial charge in [0.2, 0.25) is 0 Å². The quantitative estimate of drug-likeness (QED) is 0.846. The number of aromatic nitrogens is 1. The second-order valence-corrected chi connectivity index (χ2v) is 6.14. The third kappa shape index (κ3) is 3.80. The molecule has 3 nitrogen and oxygen atoms in total. The van der Waals surface area contributed by atoms with Gasteiger partial charge in [0.05, 0.1) is 18.2 Å². The molecule has 98 valence electrons. The fourth-order valence-corrected chi connectivity index (χ4v) is 2.37. The van der Waals surface area contributed by atoms with Crippen LogP contribution < -0.4 is 4.74 Å². The third-order valence-corrected chi connectivity index (χ3v) is 3.20. The minimum absolute atomic E-state index is 0.192. The molecule has 0 amide bonds. The molecule has 0 saturated carbocycles. The summed E-state index contributed by atoms with van der Waals surface area (Å²) in [5, 5.41) is 11.5. The zero-order valence-electron chi connectivity index (χ0n) is 11.3. The van der Waals surface area contributed by atoms with Crippen molar-refractivity contribution in [1.82, 2.24) is 4.98 Å². The van der Waals surface area contributed by atoms with Crippen LogP contribution in [-0.2, 0) is 6.42 Å². The number of benzene rings is 1. The number of rotatable bonds is 3. The van der Waals surface area contributed by atoms with Crippen LogP contribution in [0, 0.1) is 11.3 Å². The highest BCUT2D eigenvalue weighted by atomic mass is 32.1. The summed E-state index contributed by atoms with van der Waals surface area (Å²) in [5.74, 6) is 0.851. The number of ether oxygens (including phenoxy) is 1. The van der Waals surface area contributed by atoms with Crippen LogP contribution in [0.5, 0.6) is 5.75 Å². The molecule has 0 aliphatic heterocycles. The lowest BCUT2D eigenvalue weighted by molar-refractivity contribution is 0.131. The number of hydrogen-bond donors (Lipinski definition) is 0. The first-order valence-corrected chi connectivity index (χ1v) is 6.97. The Morgan fingerprint density at radius 3 is 2.53 bits per heavy atom. The Bertz CT molecular complexity index is 588. The zero-order valence-corrected chi connectivity index (χ0v) is 12.1. The van der Waals surface area contributed by atoms with Crippen molar-refractivity contribution in [2.24, 2.45) is 0 Å². The van der Waals surface area contributed by atoms with Crippen molar-refractivity contribution in [3.8, 4) is 23.1 Å². The molecule has 4 heteroatoms. The SMILES string of the molecule is CC(C)(C)Oc1ccc(-c2csc(CC#N)n2)cc1.